The van der Waals surface area contributed by atoms with E-state index in [2.05, 4.69) is 22.3 Å². The number of nitrogens with zero attached hydrogens (tertiary/aromatic N) is 3. The molecule has 7 heteroatoms. The zero-order chi connectivity index (χ0) is 14.3. The van der Waals surface area contributed by atoms with Crippen LogP contribution in [0, 0.1) is 0 Å². The molecule has 20 heavy (non-hydrogen) atoms. The van der Waals surface area contributed by atoms with Crippen molar-refractivity contribution in [2.45, 2.75) is 30.3 Å². The lowest BCUT2D eigenvalue weighted by Gasteiger charge is -2.24. The van der Waals surface area contributed by atoms with Gasteiger partial charge in [-0.1, -0.05) is 24.3 Å². The van der Waals surface area contributed by atoms with Crippen LogP contribution in [-0.2, 0) is 23.5 Å². The Bertz CT molecular complexity index is 751. The van der Waals surface area contributed by atoms with Gasteiger partial charge in [0.15, 0.2) is 0 Å². The molecule has 3 rings (SSSR count). The van der Waals surface area contributed by atoms with Gasteiger partial charge >= 0.3 is 0 Å². The van der Waals surface area contributed by atoms with Crippen LogP contribution in [0.2, 0.25) is 0 Å². The third-order valence-electron chi connectivity index (χ3n) is 3.80. The van der Waals surface area contributed by atoms with Crippen molar-refractivity contribution >= 4 is 10.0 Å². The second-order valence-electron chi connectivity index (χ2n) is 5.09. The molecule has 2 aromatic rings. The number of fused-ring (bicyclic) bond motifs is 1. The van der Waals surface area contributed by atoms with E-state index < -0.39 is 10.0 Å². The Labute approximate surface area is 117 Å². The van der Waals surface area contributed by atoms with Crippen LogP contribution in [0.3, 0.4) is 0 Å². The summed E-state index contributed by atoms with van der Waals surface area (Å²) < 4.78 is 24.4. The Balaban J connectivity index is 2.10. The van der Waals surface area contributed by atoms with Gasteiger partial charge in [-0.15, -0.1) is 10.2 Å². The van der Waals surface area contributed by atoms with E-state index in [4.69, 9.17) is 5.14 Å². The molecule has 0 saturated carbocycles. The van der Waals surface area contributed by atoms with Crippen LogP contribution in [0.4, 0.5) is 0 Å². The van der Waals surface area contributed by atoms with E-state index >= 15 is 0 Å². The Kier molecular flexibility index (Phi) is 3.10. The smallest absolute Gasteiger partial charge is 0.273 e. The van der Waals surface area contributed by atoms with Crippen LogP contribution < -0.4 is 5.14 Å². The van der Waals surface area contributed by atoms with E-state index in [9.17, 15) is 8.42 Å². The summed E-state index contributed by atoms with van der Waals surface area (Å²) >= 11 is 0. The van der Waals surface area contributed by atoms with Gasteiger partial charge in [-0.2, -0.15) is 0 Å². The minimum absolute atomic E-state index is 0.0768. The first kappa shape index (κ1) is 13.3. The molecule has 106 valence electrons. The third-order valence-corrected chi connectivity index (χ3v) is 4.67. The highest BCUT2D eigenvalue weighted by molar-refractivity contribution is 7.89. The summed E-state index contributed by atoms with van der Waals surface area (Å²) in [6, 6.07) is 8.20. The molecule has 0 fully saturated rings. The lowest BCUT2D eigenvalue weighted by atomic mass is 9.82. The molecular weight excluding hydrogens is 276 g/mol. The van der Waals surface area contributed by atoms with Gasteiger partial charge in [-0.3, -0.25) is 0 Å². The number of nitrogens with two attached hydrogens (primary N) is 1. The van der Waals surface area contributed by atoms with Crippen molar-refractivity contribution < 1.29 is 8.42 Å². The second kappa shape index (κ2) is 4.68. The molecule has 0 radical (unpaired) electrons. The Morgan fingerprint density at radius 1 is 1.30 bits per heavy atom. The average Bonchev–Trinajstić information content (AvgIpc) is 2.80. The van der Waals surface area contributed by atoms with Crippen molar-refractivity contribution in [1.82, 2.24) is 14.8 Å². The third kappa shape index (κ3) is 2.12. The monoisotopic (exact) mass is 292 g/mol. The molecule has 6 nitrogen and oxygen atoms in total. The van der Waals surface area contributed by atoms with Crippen molar-refractivity contribution in [2.75, 3.05) is 0 Å². The molecule has 0 amide bonds. The van der Waals surface area contributed by atoms with E-state index in [1.807, 2.05) is 12.1 Å². The first-order valence-electron chi connectivity index (χ1n) is 6.48. The van der Waals surface area contributed by atoms with Crippen molar-refractivity contribution in [2.24, 2.45) is 12.2 Å². The Morgan fingerprint density at radius 2 is 2.05 bits per heavy atom. The molecule has 0 bridgehead atoms. The summed E-state index contributed by atoms with van der Waals surface area (Å²) in [5.74, 6) is 0.731. The minimum Gasteiger partial charge on any atom is -0.303 e. The highest BCUT2D eigenvalue weighted by atomic mass is 32.2. The molecule has 2 N–H and O–H groups in total. The summed E-state index contributed by atoms with van der Waals surface area (Å²) in [6.45, 7) is 0. The van der Waals surface area contributed by atoms with Crippen LogP contribution in [0.25, 0.3) is 0 Å². The Hall–Kier alpha value is -1.73. The van der Waals surface area contributed by atoms with Crippen molar-refractivity contribution in [3.05, 3.63) is 41.2 Å². The molecule has 1 unspecified atom stereocenters. The lowest BCUT2D eigenvalue weighted by Crippen LogP contribution is -2.19. The average molecular weight is 292 g/mol. The number of aromatic nitrogens is 3. The van der Waals surface area contributed by atoms with Crippen LogP contribution >= 0.6 is 0 Å². The van der Waals surface area contributed by atoms with E-state index in [-0.39, 0.29) is 11.1 Å². The molecular formula is C13H16N4O2S. The minimum atomic E-state index is -3.84. The van der Waals surface area contributed by atoms with E-state index in [1.165, 1.54) is 15.7 Å². The zero-order valence-electron chi connectivity index (χ0n) is 11.2. The van der Waals surface area contributed by atoms with E-state index in [0.29, 0.717) is 5.82 Å². The quantitative estimate of drug-likeness (QED) is 0.891. The molecule has 0 saturated heterocycles. The summed E-state index contributed by atoms with van der Waals surface area (Å²) in [6.07, 6.45) is 3.04. The summed E-state index contributed by atoms with van der Waals surface area (Å²) in [4.78, 5) is 0. The van der Waals surface area contributed by atoms with Crippen LogP contribution in [0.15, 0.2) is 29.4 Å². The molecule has 0 spiro atoms. The number of rotatable bonds is 2. The molecule has 1 atom stereocenters. The largest absolute Gasteiger partial charge is 0.303 e. The molecule has 1 heterocycles. The topological polar surface area (TPSA) is 90.9 Å². The van der Waals surface area contributed by atoms with Gasteiger partial charge in [0.05, 0.1) is 0 Å². The molecule has 1 aliphatic rings. The predicted octanol–water partition coefficient (Wildman–Crippen LogP) is 0.931. The number of hydrogen-bond acceptors (Lipinski definition) is 4. The summed E-state index contributed by atoms with van der Waals surface area (Å²) in [7, 11) is -2.19. The summed E-state index contributed by atoms with van der Waals surface area (Å²) in [5, 5.41) is 12.8. The molecule has 1 aromatic heterocycles. The van der Waals surface area contributed by atoms with Gasteiger partial charge in [0.25, 0.3) is 15.2 Å². The highest BCUT2D eigenvalue weighted by Gasteiger charge is 2.28. The highest BCUT2D eigenvalue weighted by Crippen LogP contribution is 2.35. The number of primary sulfonamides is 1. The maximum atomic E-state index is 11.4. The second-order valence-corrected chi connectivity index (χ2v) is 6.54. The first-order valence-corrected chi connectivity index (χ1v) is 8.03. The number of benzene rings is 1. The van der Waals surface area contributed by atoms with Crippen molar-refractivity contribution in [1.29, 1.82) is 0 Å². The van der Waals surface area contributed by atoms with E-state index in [1.54, 1.807) is 7.05 Å². The van der Waals surface area contributed by atoms with Crippen LogP contribution in [0.5, 0.6) is 0 Å². The number of hydrogen-bond donors (Lipinski definition) is 1. The van der Waals surface area contributed by atoms with Crippen molar-refractivity contribution in [3.8, 4) is 0 Å². The fourth-order valence-corrected chi connectivity index (χ4v) is 3.53. The SMILES string of the molecule is Cn1c(C2CCCc3ccccc32)nnc1S(N)(=O)=O. The number of aryl methyl sites for hydroxylation is 1. The fourth-order valence-electron chi connectivity index (χ4n) is 2.90. The molecule has 1 aliphatic carbocycles. The maximum Gasteiger partial charge on any atom is 0.273 e. The van der Waals surface area contributed by atoms with Gasteiger partial charge in [-0.05, 0) is 30.4 Å². The van der Waals surface area contributed by atoms with Gasteiger partial charge in [-0.25, -0.2) is 13.6 Å². The fraction of sp³-hybridized carbons (Fsp3) is 0.385. The summed E-state index contributed by atoms with van der Waals surface area (Å²) in [5.41, 5.74) is 2.50. The normalized spacial score (nSPS) is 18.8. The van der Waals surface area contributed by atoms with Gasteiger partial charge in [0.1, 0.15) is 5.82 Å². The van der Waals surface area contributed by atoms with Crippen LogP contribution in [-0.4, -0.2) is 23.2 Å². The van der Waals surface area contributed by atoms with Gasteiger partial charge in [0, 0.05) is 13.0 Å². The maximum absolute atomic E-state index is 11.4. The predicted molar refractivity (Wildman–Crippen MR) is 73.6 cm³/mol. The zero-order valence-corrected chi connectivity index (χ0v) is 12.0. The lowest BCUT2D eigenvalue weighted by molar-refractivity contribution is 0.554. The van der Waals surface area contributed by atoms with Crippen molar-refractivity contribution in [3.63, 3.8) is 0 Å². The molecule has 1 aromatic carbocycles. The Morgan fingerprint density at radius 3 is 2.75 bits per heavy atom. The first-order chi connectivity index (χ1) is 9.48. The van der Waals surface area contributed by atoms with Crippen LogP contribution in [0.1, 0.15) is 35.7 Å². The standard InChI is InChI=1S/C13H16N4O2S/c1-17-12(15-16-13(17)20(14,18)19)11-8-4-6-9-5-2-3-7-10(9)11/h2-3,5,7,11H,4,6,8H2,1H3,(H2,14,18,19). The van der Waals surface area contributed by atoms with E-state index in [0.717, 1.165) is 19.3 Å². The van der Waals surface area contributed by atoms with Gasteiger partial charge in [0.2, 0.25) is 0 Å². The van der Waals surface area contributed by atoms with Gasteiger partial charge < -0.3 is 4.57 Å². The molecule has 0 aliphatic heterocycles. The number of sulfonamides is 1.